The van der Waals surface area contributed by atoms with Crippen LogP contribution in [0, 0.1) is 27.7 Å². The lowest BCUT2D eigenvalue weighted by Gasteiger charge is -2.19. The van der Waals surface area contributed by atoms with Gasteiger partial charge in [-0.2, -0.15) is 0 Å². The van der Waals surface area contributed by atoms with Crippen LogP contribution in [0.3, 0.4) is 0 Å². The lowest BCUT2D eigenvalue weighted by molar-refractivity contribution is 1.23. The molecule has 0 saturated heterocycles. The Bertz CT molecular complexity index is 524. The van der Waals surface area contributed by atoms with Crippen molar-refractivity contribution < 1.29 is 0 Å². The van der Waals surface area contributed by atoms with Crippen molar-refractivity contribution in [2.75, 3.05) is 0 Å². The summed E-state index contributed by atoms with van der Waals surface area (Å²) in [6, 6.07) is 10.4. The molecule has 2 aromatic rings. The standard InChI is InChI=1S/C16H17B/c1-10-11(2)13(4)16(17)15(12(10)3)14-8-6-5-7-9-14/h5-9H,1-4H3. The maximum Gasteiger partial charge on any atom is 0.115 e. The van der Waals surface area contributed by atoms with Crippen LogP contribution in [0.2, 0.25) is 0 Å². The SMILES string of the molecule is [B]c1c(C)c(C)c(C)c(C)c1-c1ccccc1. The van der Waals surface area contributed by atoms with E-state index in [1.54, 1.807) is 0 Å². The first-order chi connectivity index (χ1) is 8.04. The first-order valence-corrected chi connectivity index (χ1v) is 5.95. The molecule has 0 unspecified atom stereocenters. The minimum Gasteiger partial charge on any atom is -0.0856 e. The predicted octanol–water partition coefficient (Wildman–Crippen LogP) is 3.38. The molecule has 0 heterocycles. The van der Waals surface area contributed by atoms with Crippen molar-refractivity contribution in [1.29, 1.82) is 0 Å². The van der Waals surface area contributed by atoms with Crippen LogP contribution in [-0.2, 0) is 0 Å². The first kappa shape index (κ1) is 12.0. The number of rotatable bonds is 1. The van der Waals surface area contributed by atoms with Crippen molar-refractivity contribution in [1.82, 2.24) is 0 Å². The van der Waals surface area contributed by atoms with Gasteiger partial charge < -0.3 is 0 Å². The largest absolute Gasteiger partial charge is 0.115 e. The van der Waals surface area contributed by atoms with Gasteiger partial charge in [-0.1, -0.05) is 41.4 Å². The van der Waals surface area contributed by atoms with E-state index in [4.69, 9.17) is 7.85 Å². The summed E-state index contributed by atoms with van der Waals surface area (Å²) in [6.07, 6.45) is 0. The van der Waals surface area contributed by atoms with Gasteiger partial charge in [0.05, 0.1) is 0 Å². The van der Waals surface area contributed by atoms with E-state index in [2.05, 4.69) is 52.0 Å². The summed E-state index contributed by atoms with van der Waals surface area (Å²) in [4.78, 5) is 0. The molecule has 0 nitrogen and oxygen atoms in total. The zero-order chi connectivity index (χ0) is 12.6. The van der Waals surface area contributed by atoms with Crippen LogP contribution in [0.4, 0.5) is 0 Å². The number of hydrogen-bond donors (Lipinski definition) is 0. The molecule has 0 aliphatic carbocycles. The highest BCUT2D eigenvalue weighted by atomic mass is 14.2. The molecule has 2 radical (unpaired) electrons. The van der Waals surface area contributed by atoms with Gasteiger partial charge in [0.25, 0.3) is 0 Å². The molecule has 2 aromatic carbocycles. The second kappa shape index (κ2) is 4.41. The van der Waals surface area contributed by atoms with Crippen LogP contribution in [0.15, 0.2) is 30.3 Å². The Kier molecular flexibility index (Phi) is 3.10. The predicted molar refractivity (Wildman–Crippen MR) is 76.2 cm³/mol. The first-order valence-electron chi connectivity index (χ1n) is 5.95. The molecule has 0 fully saturated rings. The quantitative estimate of drug-likeness (QED) is 0.646. The van der Waals surface area contributed by atoms with Gasteiger partial charge in [-0.15, -0.1) is 0 Å². The molecule has 0 aliphatic rings. The normalized spacial score (nSPS) is 10.6. The minimum atomic E-state index is 0.914. The molecule has 84 valence electrons. The summed E-state index contributed by atoms with van der Waals surface area (Å²) in [5.41, 5.74) is 8.44. The van der Waals surface area contributed by atoms with Crippen LogP contribution < -0.4 is 5.46 Å². The van der Waals surface area contributed by atoms with E-state index < -0.39 is 0 Å². The van der Waals surface area contributed by atoms with Gasteiger partial charge >= 0.3 is 0 Å². The summed E-state index contributed by atoms with van der Waals surface area (Å²) < 4.78 is 0. The summed E-state index contributed by atoms with van der Waals surface area (Å²) in [5.74, 6) is 0. The molecule has 0 atom stereocenters. The molecule has 0 amide bonds. The third kappa shape index (κ3) is 1.91. The fraction of sp³-hybridized carbons (Fsp3) is 0.250. The topological polar surface area (TPSA) is 0 Å². The Hall–Kier alpha value is -1.50. The molecular weight excluding hydrogens is 203 g/mol. The van der Waals surface area contributed by atoms with Crippen LogP contribution in [0.25, 0.3) is 11.1 Å². The van der Waals surface area contributed by atoms with E-state index >= 15 is 0 Å². The molecule has 0 spiro atoms. The Morgan fingerprint density at radius 1 is 0.706 bits per heavy atom. The molecule has 2 rings (SSSR count). The van der Waals surface area contributed by atoms with Gasteiger partial charge in [0, 0.05) is 0 Å². The fourth-order valence-corrected chi connectivity index (χ4v) is 2.32. The molecule has 17 heavy (non-hydrogen) atoms. The smallest absolute Gasteiger partial charge is 0.0856 e. The highest BCUT2D eigenvalue weighted by Gasteiger charge is 2.12. The van der Waals surface area contributed by atoms with E-state index in [0.717, 1.165) is 5.46 Å². The molecule has 0 aromatic heterocycles. The molecule has 0 bridgehead atoms. The molecule has 0 aliphatic heterocycles. The summed E-state index contributed by atoms with van der Waals surface area (Å²) in [7, 11) is 6.29. The maximum atomic E-state index is 6.29. The lowest BCUT2D eigenvalue weighted by Crippen LogP contribution is -2.16. The maximum absolute atomic E-state index is 6.29. The average Bonchev–Trinajstić information content (AvgIpc) is 2.36. The Morgan fingerprint density at radius 3 is 1.82 bits per heavy atom. The number of hydrogen-bond acceptors (Lipinski definition) is 0. The van der Waals surface area contributed by atoms with Gasteiger partial charge in [0.2, 0.25) is 0 Å². The second-order valence-corrected chi connectivity index (χ2v) is 4.65. The molecule has 0 N–H and O–H groups in total. The molecule has 0 saturated carbocycles. The van der Waals surface area contributed by atoms with E-state index in [1.807, 2.05) is 6.07 Å². The van der Waals surface area contributed by atoms with Crippen LogP contribution >= 0.6 is 0 Å². The van der Waals surface area contributed by atoms with Gasteiger partial charge in [-0.3, -0.25) is 0 Å². The van der Waals surface area contributed by atoms with Crippen LogP contribution in [0.1, 0.15) is 22.3 Å². The zero-order valence-corrected chi connectivity index (χ0v) is 11.0. The van der Waals surface area contributed by atoms with Crippen molar-refractivity contribution in [2.45, 2.75) is 27.7 Å². The van der Waals surface area contributed by atoms with Gasteiger partial charge in [0.15, 0.2) is 0 Å². The third-order valence-corrected chi connectivity index (χ3v) is 3.80. The Morgan fingerprint density at radius 2 is 1.24 bits per heavy atom. The Balaban J connectivity index is 2.80. The van der Waals surface area contributed by atoms with E-state index in [1.165, 1.54) is 33.4 Å². The van der Waals surface area contributed by atoms with Gasteiger partial charge in [-0.25, -0.2) is 0 Å². The number of benzene rings is 2. The van der Waals surface area contributed by atoms with E-state index in [9.17, 15) is 0 Å². The van der Waals surface area contributed by atoms with Crippen molar-refractivity contribution in [3.63, 3.8) is 0 Å². The summed E-state index contributed by atoms with van der Waals surface area (Å²) in [5, 5.41) is 0. The zero-order valence-electron chi connectivity index (χ0n) is 11.0. The fourth-order valence-electron chi connectivity index (χ4n) is 2.32. The Labute approximate surface area is 105 Å². The highest BCUT2D eigenvalue weighted by Crippen LogP contribution is 2.27. The summed E-state index contributed by atoms with van der Waals surface area (Å²) >= 11 is 0. The second-order valence-electron chi connectivity index (χ2n) is 4.65. The lowest BCUT2D eigenvalue weighted by atomic mass is 9.77. The van der Waals surface area contributed by atoms with Crippen LogP contribution in [-0.4, -0.2) is 7.85 Å². The van der Waals surface area contributed by atoms with E-state index in [-0.39, 0.29) is 0 Å². The van der Waals surface area contributed by atoms with Crippen molar-refractivity contribution >= 4 is 13.3 Å². The van der Waals surface area contributed by atoms with Crippen molar-refractivity contribution in [3.05, 3.63) is 52.6 Å². The minimum absolute atomic E-state index is 0.914. The third-order valence-electron chi connectivity index (χ3n) is 3.80. The van der Waals surface area contributed by atoms with Crippen molar-refractivity contribution in [2.24, 2.45) is 0 Å². The van der Waals surface area contributed by atoms with E-state index in [0.29, 0.717) is 0 Å². The average molecular weight is 220 g/mol. The van der Waals surface area contributed by atoms with Crippen LogP contribution in [0.5, 0.6) is 0 Å². The monoisotopic (exact) mass is 220 g/mol. The van der Waals surface area contributed by atoms with Gasteiger partial charge in [-0.05, 0) is 55.5 Å². The molecular formula is C16H17B. The van der Waals surface area contributed by atoms with Crippen molar-refractivity contribution in [3.8, 4) is 11.1 Å². The van der Waals surface area contributed by atoms with Gasteiger partial charge in [0.1, 0.15) is 7.85 Å². The highest BCUT2D eigenvalue weighted by molar-refractivity contribution is 6.37. The summed E-state index contributed by atoms with van der Waals surface area (Å²) in [6.45, 7) is 8.57. The molecule has 1 heteroatoms.